The summed E-state index contributed by atoms with van der Waals surface area (Å²) in [6.45, 7) is 0.499. The third-order valence-electron chi connectivity index (χ3n) is 2.63. The zero-order valence-electron chi connectivity index (χ0n) is 11.6. The molecule has 0 aromatic heterocycles. The molecule has 0 spiro atoms. The fraction of sp³-hybridized carbons (Fsp3) is 0.538. The largest absolute Gasteiger partial charge is 0.496 e. The van der Waals surface area contributed by atoms with Gasteiger partial charge in [-0.25, -0.2) is 8.42 Å². The Bertz CT molecular complexity index is 493. The van der Waals surface area contributed by atoms with E-state index in [0.29, 0.717) is 30.3 Å². The molecular formula is C13H19ClO5S. The zero-order valence-corrected chi connectivity index (χ0v) is 13.2. The van der Waals surface area contributed by atoms with Crippen molar-refractivity contribution in [2.24, 2.45) is 0 Å². The fourth-order valence-electron chi connectivity index (χ4n) is 1.61. The highest BCUT2D eigenvalue weighted by atomic mass is 35.7. The first-order valence-electron chi connectivity index (χ1n) is 6.23. The number of unbranched alkanes of at least 4 members (excludes halogenated alkanes) is 2. The summed E-state index contributed by atoms with van der Waals surface area (Å²) in [5.74, 6) is 1.98. The van der Waals surface area contributed by atoms with E-state index in [-0.39, 0.29) is 5.75 Å². The van der Waals surface area contributed by atoms with Gasteiger partial charge < -0.3 is 14.2 Å². The highest BCUT2D eigenvalue weighted by Crippen LogP contribution is 2.27. The summed E-state index contributed by atoms with van der Waals surface area (Å²) in [6, 6.07) is 5.30. The van der Waals surface area contributed by atoms with Crippen LogP contribution in [0.25, 0.3) is 0 Å². The molecule has 20 heavy (non-hydrogen) atoms. The van der Waals surface area contributed by atoms with Crippen molar-refractivity contribution in [3.8, 4) is 17.2 Å². The van der Waals surface area contributed by atoms with Crippen molar-refractivity contribution >= 4 is 19.7 Å². The lowest BCUT2D eigenvalue weighted by molar-refractivity contribution is 0.301. The summed E-state index contributed by atoms with van der Waals surface area (Å²) in [5, 5.41) is 0. The van der Waals surface area contributed by atoms with Crippen LogP contribution in [0.3, 0.4) is 0 Å². The number of benzene rings is 1. The van der Waals surface area contributed by atoms with Crippen molar-refractivity contribution in [2.45, 2.75) is 19.3 Å². The van der Waals surface area contributed by atoms with Gasteiger partial charge in [-0.2, -0.15) is 0 Å². The highest BCUT2D eigenvalue weighted by Gasteiger charge is 2.05. The Kier molecular flexibility index (Phi) is 6.95. The van der Waals surface area contributed by atoms with E-state index in [0.717, 1.165) is 12.8 Å². The minimum absolute atomic E-state index is 0.00153. The minimum Gasteiger partial charge on any atom is -0.496 e. The molecule has 0 saturated heterocycles. The Morgan fingerprint density at radius 2 is 1.50 bits per heavy atom. The maximum Gasteiger partial charge on any atom is 0.232 e. The van der Waals surface area contributed by atoms with Gasteiger partial charge in [-0.3, -0.25) is 0 Å². The second-order valence-electron chi connectivity index (χ2n) is 4.20. The lowest BCUT2D eigenvalue weighted by Gasteiger charge is -2.10. The summed E-state index contributed by atoms with van der Waals surface area (Å²) in [6.07, 6.45) is 2.04. The van der Waals surface area contributed by atoms with Gasteiger partial charge in [-0.1, -0.05) is 0 Å². The molecular weight excluding hydrogens is 304 g/mol. The lowest BCUT2D eigenvalue weighted by atomic mass is 10.2. The van der Waals surface area contributed by atoms with E-state index in [1.807, 2.05) is 0 Å². The summed E-state index contributed by atoms with van der Waals surface area (Å²) in [5.41, 5.74) is 0. The van der Waals surface area contributed by atoms with E-state index in [1.165, 1.54) is 0 Å². The SMILES string of the molecule is COc1cc(OC)cc(OCCCCCS(=O)(=O)Cl)c1. The number of hydrogen-bond acceptors (Lipinski definition) is 5. The van der Waals surface area contributed by atoms with E-state index in [1.54, 1.807) is 32.4 Å². The maximum atomic E-state index is 10.7. The van der Waals surface area contributed by atoms with Crippen molar-refractivity contribution in [3.63, 3.8) is 0 Å². The van der Waals surface area contributed by atoms with Crippen LogP contribution in [-0.4, -0.2) is 35.0 Å². The summed E-state index contributed by atoms with van der Waals surface area (Å²) in [7, 11) is 4.89. The highest BCUT2D eigenvalue weighted by molar-refractivity contribution is 8.13. The van der Waals surface area contributed by atoms with Gasteiger partial charge in [0.1, 0.15) is 17.2 Å². The Balaban J connectivity index is 2.34. The van der Waals surface area contributed by atoms with Crippen LogP contribution in [0.1, 0.15) is 19.3 Å². The first kappa shape index (κ1) is 16.9. The molecule has 0 aliphatic rings. The van der Waals surface area contributed by atoms with Crippen LogP contribution in [-0.2, 0) is 9.05 Å². The van der Waals surface area contributed by atoms with Crippen molar-refractivity contribution in [3.05, 3.63) is 18.2 Å². The Morgan fingerprint density at radius 3 is 2.00 bits per heavy atom. The molecule has 0 aliphatic carbocycles. The van der Waals surface area contributed by atoms with Gasteiger partial charge >= 0.3 is 0 Å². The Hall–Kier alpha value is -1.14. The monoisotopic (exact) mass is 322 g/mol. The van der Waals surface area contributed by atoms with Crippen LogP contribution in [0, 0.1) is 0 Å². The predicted octanol–water partition coefficient (Wildman–Crippen LogP) is 2.82. The van der Waals surface area contributed by atoms with Crippen LogP contribution >= 0.6 is 10.7 Å². The maximum absolute atomic E-state index is 10.7. The van der Waals surface area contributed by atoms with Gasteiger partial charge in [0.15, 0.2) is 0 Å². The molecule has 0 bridgehead atoms. The molecule has 0 amide bonds. The third kappa shape index (κ3) is 6.86. The average molecular weight is 323 g/mol. The van der Waals surface area contributed by atoms with Crippen LogP contribution < -0.4 is 14.2 Å². The quantitative estimate of drug-likeness (QED) is 0.517. The topological polar surface area (TPSA) is 61.8 Å². The van der Waals surface area contributed by atoms with E-state index in [4.69, 9.17) is 24.9 Å². The molecule has 0 N–H and O–H groups in total. The molecule has 0 saturated carbocycles. The van der Waals surface area contributed by atoms with Crippen molar-refractivity contribution in [1.29, 1.82) is 0 Å². The van der Waals surface area contributed by atoms with E-state index < -0.39 is 9.05 Å². The van der Waals surface area contributed by atoms with Gasteiger partial charge in [0.2, 0.25) is 9.05 Å². The molecule has 0 fully saturated rings. The summed E-state index contributed by atoms with van der Waals surface area (Å²) >= 11 is 0. The molecule has 0 aliphatic heterocycles. The molecule has 0 heterocycles. The van der Waals surface area contributed by atoms with Gasteiger partial charge in [0, 0.05) is 28.9 Å². The number of ether oxygens (including phenoxy) is 3. The second-order valence-corrected chi connectivity index (χ2v) is 7.10. The summed E-state index contributed by atoms with van der Waals surface area (Å²) < 4.78 is 37.3. The Labute approximate surface area is 124 Å². The second kappa shape index (κ2) is 8.21. The fourth-order valence-corrected chi connectivity index (χ4v) is 2.48. The van der Waals surface area contributed by atoms with E-state index in [2.05, 4.69) is 0 Å². The van der Waals surface area contributed by atoms with Crippen molar-refractivity contribution < 1.29 is 22.6 Å². The zero-order chi connectivity index (χ0) is 15.0. The van der Waals surface area contributed by atoms with Gasteiger partial charge in [0.25, 0.3) is 0 Å². The van der Waals surface area contributed by atoms with Crippen molar-refractivity contribution in [1.82, 2.24) is 0 Å². The third-order valence-corrected chi connectivity index (χ3v) is 3.87. The number of halogens is 1. The molecule has 1 aromatic carbocycles. The van der Waals surface area contributed by atoms with Gasteiger partial charge in [0.05, 0.1) is 26.6 Å². The molecule has 1 rings (SSSR count). The van der Waals surface area contributed by atoms with E-state index in [9.17, 15) is 8.42 Å². The number of rotatable bonds is 9. The lowest BCUT2D eigenvalue weighted by Crippen LogP contribution is -2.01. The normalized spacial score (nSPS) is 11.2. The molecule has 7 heteroatoms. The van der Waals surface area contributed by atoms with Crippen LogP contribution in [0.5, 0.6) is 17.2 Å². The first-order chi connectivity index (χ1) is 9.44. The molecule has 0 atom stereocenters. The van der Waals surface area contributed by atoms with Crippen LogP contribution in [0.4, 0.5) is 0 Å². The molecule has 0 radical (unpaired) electrons. The standard InChI is InChI=1S/C13H19ClO5S/c1-17-11-8-12(18-2)10-13(9-11)19-6-4-3-5-7-20(14,15)16/h8-10H,3-7H2,1-2H3. The van der Waals surface area contributed by atoms with Gasteiger partial charge in [-0.15, -0.1) is 0 Å². The van der Waals surface area contributed by atoms with Crippen molar-refractivity contribution in [2.75, 3.05) is 26.6 Å². The average Bonchev–Trinajstić information content (AvgIpc) is 2.41. The predicted molar refractivity (Wildman–Crippen MR) is 78.5 cm³/mol. The molecule has 0 unspecified atom stereocenters. The Morgan fingerprint density at radius 1 is 0.950 bits per heavy atom. The molecule has 114 valence electrons. The van der Waals surface area contributed by atoms with Crippen LogP contribution in [0.15, 0.2) is 18.2 Å². The smallest absolute Gasteiger partial charge is 0.232 e. The number of hydrogen-bond donors (Lipinski definition) is 0. The molecule has 1 aromatic rings. The number of methoxy groups -OCH3 is 2. The molecule has 5 nitrogen and oxygen atoms in total. The van der Waals surface area contributed by atoms with Gasteiger partial charge in [-0.05, 0) is 19.3 Å². The van der Waals surface area contributed by atoms with Crippen LogP contribution in [0.2, 0.25) is 0 Å². The summed E-state index contributed by atoms with van der Waals surface area (Å²) in [4.78, 5) is 0. The first-order valence-corrected chi connectivity index (χ1v) is 8.70. The minimum atomic E-state index is -3.38. The van der Waals surface area contributed by atoms with E-state index >= 15 is 0 Å².